The molecule has 0 aliphatic carbocycles. The lowest BCUT2D eigenvalue weighted by Crippen LogP contribution is -2.03. The van der Waals surface area contributed by atoms with E-state index in [0.717, 1.165) is 10.9 Å². The molecule has 0 aliphatic heterocycles. The fourth-order valence-corrected chi connectivity index (χ4v) is 2.77. The molecule has 3 rings (SSSR count). The Bertz CT molecular complexity index is 892. The summed E-state index contributed by atoms with van der Waals surface area (Å²) in [5.41, 5.74) is 2.46. The Kier molecular flexibility index (Phi) is 4.93. The van der Waals surface area contributed by atoms with Gasteiger partial charge < -0.3 is 4.74 Å². The molecule has 0 saturated carbocycles. The summed E-state index contributed by atoms with van der Waals surface area (Å²) in [6.45, 7) is 6.34. The molecule has 25 heavy (non-hydrogen) atoms. The molecule has 1 atom stereocenters. The predicted molar refractivity (Wildman–Crippen MR) is 97.4 cm³/mol. The van der Waals surface area contributed by atoms with Gasteiger partial charge in [0.25, 0.3) is 5.69 Å². The van der Waals surface area contributed by atoms with Gasteiger partial charge in [-0.15, -0.1) is 0 Å². The first-order chi connectivity index (χ1) is 12.0. The number of ether oxygens (including phenoxy) is 1. The van der Waals surface area contributed by atoms with Gasteiger partial charge in [0.1, 0.15) is 18.6 Å². The van der Waals surface area contributed by atoms with E-state index in [1.54, 1.807) is 0 Å². The van der Waals surface area contributed by atoms with Gasteiger partial charge in [-0.1, -0.05) is 44.2 Å². The van der Waals surface area contributed by atoms with E-state index in [-0.39, 0.29) is 16.5 Å². The van der Waals surface area contributed by atoms with Gasteiger partial charge in [0, 0.05) is 10.9 Å². The summed E-state index contributed by atoms with van der Waals surface area (Å²) in [6.07, 6.45) is 1.84. The van der Waals surface area contributed by atoms with E-state index in [9.17, 15) is 10.1 Å². The summed E-state index contributed by atoms with van der Waals surface area (Å²) in [5.74, 6) is 0.717. The van der Waals surface area contributed by atoms with Crippen LogP contribution < -0.4 is 4.74 Å². The maximum atomic E-state index is 11.4. The quantitative estimate of drug-likeness (QED) is 0.482. The minimum atomic E-state index is -0.387. The van der Waals surface area contributed by atoms with E-state index >= 15 is 0 Å². The highest BCUT2D eigenvalue weighted by atomic mass is 16.6. The van der Waals surface area contributed by atoms with Crippen molar-refractivity contribution in [3.8, 4) is 5.75 Å². The molecule has 5 nitrogen and oxygen atoms in total. The van der Waals surface area contributed by atoms with Gasteiger partial charge in [0.2, 0.25) is 0 Å². The van der Waals surface area contributed by atoms with Crippen LogP contribution in [-0.2, 0) is 13.0 Å². The molecule has 5 heteroatoms. The number of rotatable bonds is 6. The maximum Gasteiger partial charge on any atom is 0.291 e. The fraction of sp³-hybridized carbons (Fsp3) is 0.200. The Morgan fingerprint density at radius 2 is 2.00 bits per heavy atom. The summed E-state index contributed by atoms with van der Waals surface area (Å²) >= 11 is 0. The molecule has 0 fully saturated rings. The minimum Gasteiger partial charge on any atom is -0.489 e. The van der Waals surface area contributed by atoms with E-state index in [1.807, 2.05) is 55.5 Å². The van der Waals surface area contributed by atoms with E-state index in [4.69, 9.17) is 4.74 Å². The van der Waals surface area contributed by atoms with Crippen LogP contribution in [0.1, 0.15) is 18.1 Å². The molecule has 0 amide bonds. The molecular formula is C20H19N2O3. The molecule has 127 valence electrons. The number of nitrogens with zero attached hydrogens (tertiary/aromatic N) is 2. The number of pyridine rings is 1. The normalized spacial score (nSPS) is 11.0. The van der Waals surface area contributed by atoms with Gasteiger partial charge >= 0.3 is 0 Å². The number of aromatic nitrogens is 1. The molecule has 0 N–H and O–H groups in total. The highest BCUT2D eigenvalue weighted by Gasteiger charge is 2.19. The monoisotopic (exact) mass is 335 g/mol. The number of hydrogen-bond acceptors (Lipinski definition) is 4. The van der Waals surface area contributed by atoms with Crippen molar-refractivity contribution in [2.45, 2.75) is 20.0 Å². The Labute approximate surface area is 146 Å². The van der Waals surface area contributed by atoms with E-state index in [0.29, 0.717) is 29.9 Å². The molecule has 1 unspecified atom stereocenters. The van der Waals surface area contributed by atoms with Crippen LogP contribution in [0.15, 0.2) is 54.7 Å². The third-order valence-electron chi connectivity index (χ3n) is 3.93. The third kappa shape index (κ3) is 3.94. The van der Waals surface area contributed by atoms with E-state index in [1.165, 1.54) is 6.20 Å². The van der Waals surface area contributed by atoms with Gasteiger partial charge in [0.05, 0.1) is 10.4 Å². The zero-order chi connectivity index (χ0) is 17.8. The van der Waals surface area contributed by atoms with Crippen molar-refractivity contribution in [3.05, 3.63) is 82.9 Å². The molecule has 2 aromatic carbocycles. The van der Waals surface area contributed by atoms with Crippen molar-refractivity contribution >= 4 is 16.6 Å². The molecule has 1 aromatic heterocycles. The van der Waals surface area contributed by atoms with Crippen LogP contribution in [0.5, 0.6) is 5.75 Å². The van der Waals surface area contributed by atoms with Crippen LogP contribution in [0.4, 0.5) is 5.69 Å². The Morgan fingerprint density at radius 3 is 2.68 bits per heavy atom. The van der Waals surface area contributed by atoms with Crippen LogP contribution in [0.2, 0.25) is 0 Å². The second kappa shape index (κ2) is 7.30. The van der Waals surface area contributed by atoms with Gasteiger partial charge in [0.15, 0.2) is 0 Å². The Balaban J connectivity index is 1.98. The first-order valence-electron chi connectivity index (χ1n) is 8.10. The van der Waals surface area contributed by atoms with Crippen molar-refractivity contribution in [2.24, 2.45) is 5.92 Å². The number of fused-ring (bicyclic) bond motifs is 1. The summed E-state index contributed by atoms with van der Waals surface area (Å²) in [7, 11) is 0. The van der Waals surface area contributed by atoms with Crippen molar-refractivity contribution in [2.75, 3.05) is 0 Å². The molecule has 3 aromatic rings. The SMILES string of the molecule is [CH2]C(C)Cc1c([N+](=O)[O-])cnc2ccc(OCc3ccccc3)cc12. The second-order valence-electron chi connectivity index (χ2n) is 6.14. The fourth-order valence-electron chi connectivity index (χ4n) is 2.77. The zero-order valence-corrected chi connectivity index (χ0v) is 14.0. The third-order valence-corrected chi connectivity index (χ3v) is 3.93. The number of nitro groups is 1. The average Bonchev–Trinajstić information content (AvgIpc) is 2.60. The first kappa shape index (κ1) is 16.9. The summed E-state index contributed by atoms with van der Waals surface area (Å²) in [6, 6.07) is 15.3. The standard InChI is InChI=1S/C20H19N2O3/c1-14(2)10-18-17-11-16(25-13-15-6-4-3-5-7-15)8-9-19(17)21-12-20(18)22(23)24/h3-9,11-12,14H,1,10,13H2,2H3. The van der Waals surface area contributed by atoms with Crippen LogP contribution >= 0.6 is 0 Å². The van der Waals surface area contributed by atoms with Gasteiger partial charge in [-0.25, -0.2) is 4.98 Å². The van der Waals surface area contributed by atoms with Crippen LogP contribution in [0.3, 0.4) is 0 Å². The minimum absolute atomic E-state index is 0.0307. The van der Waals surface area contributed by atoms with Crippen LogP contribution in [-0.4, -0.2) is 9.91 Å². The Hall–Kier alpha value is -2.95. The molecule has 0 aliphatic rings. The molecule has 0 bridgehead atoms. The van der Waals surface area contributed by atoms with Gasteiger partial charge in [-0.3, -0.25) is 10.1 Å². The van der Waals surface area contributed by atoms with Gasteiger partial charge in [-0.05, 0) is 36.1 Å². The highest BCUT2D eigenvalue weighted by Crippen LogP contribution is 2.31. The van der Waals surface area contributed by atoms with Crippen LogP contribution in [0, 0.1) is 23.0 Å². The van der Waals surface area contributed by atoms with E-state index < -0.39 is 0 Å². The maximum absolute atomic E-state index is 11.4. The largest absolute Gasteiger partial charge is 0.489 e. The smallest absolute Gasteiger partial charge is 0.291 e. The zero-order valence-electron chi connectivity index (χ0n) is 14.0. The van der Waals surface area contributed by atoms with Crippen molar-refractivity contribution in [3.63, 3.8) is 0 Å². The molecule has 1 heterocycles. The first-order valence-corrected chi connectivity index (χ1v) is 8.10. The topological polar surface area (TPSA) is 65.3 Å². The second-order valence-corrected chi connectivity index (χ2v) is 6.14. The van der Waals surface area contributed by atoms with Crippen LogP contribution in [0.25, 0.3) is 10.9 Å². The summed E-state index contributed by atoms with van der Waals surface area (Å²) in [5, 5.41) is 12.1. The molecule has 0 saturated heterocycles. The Morgan fingerprint density at radius 1 is 1.24 bits per heavy atom. The average molecular weight is 335 g/mol. The van der Waals surface area contributed by atoms with E-state index in [2.05, 4.69) is 11.9 Å². The number of hydrogen-bond donors (Lipinski definition) is 0. The number of benzene rings is 2. The lowest BCUT2D eigenvalue weighted by Gasteiger charge is -2.11. The molecular weight excluding hydrogens is 316 g/mol. The van der Waals surface area contributed by atoms with Crippen molar-refractivity contribution < 1.29 is 9.66 Å². The highest BCUT2D eigenvalue weighted by molar-refractivity contribution is 5.86. The lowest BCUT2D eigenvalue weighted by molar-refractivity contribution is -0.385. The lowest BCUT2D eigenvalue weighted by atomic mass is 9.98. The predicted octanol–water partition coefficient (Wildman–Crippen LogP) is 4.73. The van der Waals surface area contributed by atoms with Gasteiger partial charge in [-0.2, -0.15) is 0 Å². The molecule has 0 spiro atoms. The summed E-state index contributed by atoms with van der Waals surface area (Å²) < 4.78 is 5.85. The van der Waals surface area contributed by atoms with Crippen molar-refractivity contribution in [1.82, 2.24) is 4.98 Å². The summed E-state index contributed by atoms with van der Waals surface area (Å²) in [4.78, 5) is 15.2. The van der Waals surface area contributed by atoms with Crippen molar-refractivity contribution in [1.29, 1.82) is 0 Å². The molecule has 1 radical (unpaired) electrons.